The summed E-state index contributed by atoms with van der Waals surface area (Å²) in [7, 11) is 0. The van der Waals surface area contributed by atoms with Gasteiger partial charge in [-0.3, -0.25) is 0 Å². The number of hydrogen-bond acceptors (Lipinski definition) is 4. The van der Waals surface area contributed by atoms with Crippen molar-refractivity contribution in [3.05, 3.63) is 215 Å². The van der Waals surface area contributed by atoms with E-state index in [4.69, 9.17) is 15.0 Å². The van der Waals surface area contributed by atoms with Gasteiger partial charge >= 0.3 is 0 Å². The summed E-state index contributed by atoms with van der Waals surface area (Å²) in [6.07, 6.45) is 13.0. The number of thiophene rings is 1. The lowest BCUT2D eigenvalue weighted by Crippen LogP contribution is -2.34. The third-order valence-electron chi connectivity index (χ3n) is 13.4. The van der Waals surface area contributed by atoms with Crippen LogP contribution in [-0.4, -0.2) is 15.0 Å². The fourth-order valence-corrected chi connectivity index (χ4v) is 12.1. The van der Waals surface area contributed by atoms with Crippen molar-refractivity contribution >= 4 is 37.1 Å². The van der Waals surface area contributed by atoms with Crippen LogP contribution in [-0.2, 0) is 10.8 Å². The highest BCUT2D eigenvalue weighted by molar-refractivity contribution is 7.25. The number of rotatable bonds is 4. The summed E-state index contributed by atoms with van der Waals surface area (Å²) < 4.78 is 2.50. The predicted molar refractivity (Wildman–Crippen MR) is 240 cm³/mol. The Labute approximate surface area is 342 Å². The summed E-state index contributed by atoms with van der Waals surface area (Å²) in [4.78, 5) is 15.5. The molecule has 4 aliphatic carbocycles. The highest BCUT2D eigenvalue weighted by Gasteiger charge is 2.59. The van der Waals surface area contributed by atoms with Crippen LogP contribution in [0.5, 0.6) is 0 Å². The first kappa shape index (κ1) is 33.6. The van der Waals surface area contributed by atoms with Crippen LogP contribution in [0.1, 0.15) is 48.3 Å². The van der Waals surface area contributed by atoms with Crippen molar-refractivity contribution in [2.24, 2.45) is 11.8 Å². The van der Waals surface area contributed by atoms with Crippen LogP contribution in [0.15, 0.2) is 187 Å². The maximum Gasteiger partial charge on any atom is 0.164 e. The summed E-state index contributed by atoms with van der Waals surface area (Å²) in [5.41, 5.74) is 14.0. The molecular formula is C54H39N3S. The van der Waals surface area contributed by atoms with Crippen molar-refractivity contribution in [1.29, 1.82) is 0 Å². The number of benzene rings is 6. The zero-order valence-electron chi connectivity index (χ0n) is 32.4. The summed E-state index contributed by atoms with van der Waals surface area (Å²) in [6.45, 7) is 4.85. The van der Waals surface area contributed by atoms with E-state index in [2.05, 4.69) is 172 Å². The Morgan fingerprint density at radius 3 is 1.97 bits per heavy atom. The molecular weight excluding hydrogens is 723 g/mol. The molecule has 0 saturated carbocycles. The summed E-state index contributed by atoms with van der Waals surface area (Å²) >= 11 is 1.82. The molecule has 0 radical (unpaired) electrons. The van der Waals surface area contributed by atoms with Crippen LogP contribution in [0.2, 0.25) is 0 Å². The molecule has 0 N–H and O–H groups in total. The van der Waals surface area contributed by atoms with Gasteiger partial charge in [0.25, 0.3) is 0 Å². The molecule has 0 bridgehead atoms. The van der Waals surface area contributed by atoms with Crippen molar-refractivity contribution in [2.75, 3.05) is 0 Å². The Kier molecular flexibility index (Phi) is 7.25. The predicted octanol–water partition coefficient (Wildman–Crippen LogP) is 13.3. The number of nitrogens with zero attached hydrogens (tertiary/aromatic N) is 3. The second-order valence-electron chi connectivity index (χ2n) is 16.5. The van der Waals surface area contributed by atoms with E-state index in [-0.39, 0.29) is 22.7 Å². The van der Waals surface area contributed by atoms with Gasteiger partial charge in [-0.1, -0.05) is 183 Å². The zero-order valence-corrected chi connectivity index (χ0v) is 33.2. The van der Waals surface area contributed by atoms with E-state index in [0.717, 1.165) is 23.1 Å². The molecule has 3 nitrogen and oxygen atoms in total. The number of aromatic nitrogens is 3. The lowest BCUT2D eigenvalue weighted by molar-refractivity contribution is 0.473. The first-order chi connectivity index (χ1) is 28.5. The Bertz CT molecular complexity index is 3100. The van der Waals surface area contributed by atoms with Crippen LogP contribution in [0.25, 0.3) is 59.6 Å². The Morgan fingerprint density at radius 1 is 0.569 bits per heavy atom. The van der Waals surface area contributed by atoms with Crippen LogP contribution >= 0.6 is 11.3 Å². The Hall–Kier alpha value is -6.49. The van der Waals surface area contributed by atoms with E-state index < -0.39 is 0 Å². The Balaban J connectivity index is 0.954. The largest absolute Gasteiger partial charge is 0.208 e. The molecule has 4 aliphatic rings. The van der Waals surface area contributed by atoms with Gasteiger partial charge < -0.3 is 0 Å². The van der Waals surface area contributed by atoms with E-state index in [1.165, 1.54) is 64.7 Å². The number of hydrogen-bond donors (Lipinski definition) is 0. The summed E-state index contributed by atoms with van der Waals surface area (Å²) in [6, 6.07) is 52.8. The molecule has 0 saturated heterocycles. The normalized spacial score (nSPS) is 21.0. The van der Waals surface area contributed by atoms with E-state index in [1.54, 1.807) is 0 Å². The smallest absolute Gasteiger partial charge is 0.164 e. The van der Waals surface area contributed by atoms with E-state index in [0.29, 0.717) is 17.5 Å². The first-order valence-corrected chi connectivity index (χ1v) is 21.2. The molecule has 3 atom stereocenters. The quantitative estimate of drug-likeness (QED) is 0.179. The van der Waals surface area contributed by atoms with Crippen molar-refractivity contribution in [2.45, 2.75) is 31.1 Å². The van der Waals surface area contributed by atoms with E-state index in [1.807, 2.05) is 29.5 Å². The van der Waals surface area contributed by atoms with Gasteiger partial charge in [0.2, 0.25) is 0 Å². The number of allylic oxidation sites excluding steroid dienone is 8. The summed E-state index contributed by atoms with van der Waals surface area (Å²) in [5, 5.41) is 2.43. The second-order valence-corrected chi connectivity index (χ2v) is 17.6. The molecule has 4 heteroatoms. The van der Waals surface area contributed by atoms with Gasteiger partial charge in [0, 0.05) is 48.2 Å². The highest BCUT2D eigenvalue weighted by atomic mass is 32.1. The van der Waals surface area contributed by atoms with Gasteiger partial charge in [0.1, 0.15) is 0 Å². The van der Waals surface area contributed by atoms with E-state index in [9.17, 15) is 0 Å². The maximum atomic E-state index is 5.26. The highest BCUT2D eigenvalue weighted by Crippen LogP contribution is 2.67. The SMILES string of the molecule is CC1C=C(c2nc(-c3ccccc3)nc(-c3cccc4sc5ccccc5c34)n2)C=CC1C1=CC=C2C(C)(C1)c1ccccc1C21c2ccccc2-c2ccccc21. The van der Waals surface area contributed by atoms with Crippen molar-refractivity contribution in [3.63, 3.8) is 0 Å². The minimum Gasteiger partial charge on any atom is -0.208 e. The topological polar surface area (TPSA) is 38.7 Å². The minimum absolute atomic E-state index is 0.149. The molecule has 2 aromatic heterocycles. The zero-order chi connectivity index (χ0) is 38.6. The van der Waals surface area contributed by atoms with Gasteiger partial charge in [0.15, 0.2) is 17.5 Å². The Morgan fingerprint density at radius 2 is 1.19 bits per heavy atom. The minimum atomic E-state index is -0.297. The number of fused-ring (bicyclic) bond motifs is 13. The molecule has 58 heavy (non-hydrogen) atoms. The first-order valence-electron chi connectivity index (χ1n) is 20.4. The third kappa shape index (κ3) is 4.64. The fraction of sp³-hybridized carbons (Fsp3) is 0.130. The van der Waals surface area contributed by atoms with E-state index >= 15 is 0 Å². The molecule has 276 valence electrons. The molecule has 0 amide bonds. The van der Waals surface area contributed by atoms with Crippen molar-refractivity contribution in [1.82, 2.24) is 15.0 Å². The van der Waals surface area contributed by atoms with Gasteiger partial charge in [-0.05, 0) is 63.4 Å². The molecule has 1 spiro atoms. The molecule has 0 aliphatic heterocycles. The third-order valence-corrected chi connectivity index (χ3v) is 14.5. The van der Waals surface area contributed by atoms with Gasteiger partial charge in [0.05, 0.1) is 5.41 Å². The van der Waals surface area contributed by atoms with Gasteiger partial charge in [-0.2, -0.15) is 0 Å². The fourth-order valence-electron chi connectivity index (χ4n) is 10.9. The van der Waals surface area contributed by atoms with Crippen LogP contribution in [0.3, 0.4) is 0 Å². The monoisotopic (exact) mass is 761 g/mol. The van der Waals surface area contributed by atoms with Crippen molar-refractivity contribution < 1.29 is 0 Å². The van der Waals surface area contributed by atoms with Gasteiger partial charge in [-0.15, -0.1) is 11.3 Å². The molecule has 2 heterocycles. The molecule has 12 rings (SSSR count). The standard InChI is InChI=1S/C54H39N3S/c1-33-31-35(51-55-50(34-15-4-3-5-16-34)56-52(57-51)41-20-14-26-47-49(41)40-19-8-13-25-46(40)58-47)27-29-37(33)36-28-30-48-53(2,32-36)44-23-11-12-24-45(44)54(48)42-21-9-6-17-38(42)39-18-7-10-22-43(39)54/h3-31,33,37H,32H2,1-2H3. The lowest BCUT2D eigenvalue weighted by atomic mass is 9.62. The lowest BCUT2D eigenvalue weighted by Gasteiger charge is -2.40. The van der Waals surface area contributed by atoms with Crippen molar-refractivity contribution in [3.8, 4) is 33.9 Å². The van der Waals surface area contributed by atoms with Crippen LogP contribution in [0, 0.1) is 11.8 Å². The molecule has 6 aromatic carbocycles. The summed E-state index contributed by atoms with van der Waals surface area (Å²) in [5.74, 6) is 2.59. The van der Waals surface area contributed by atoms with Crippen LogP contribution < -0.4 is 0 Å². The average molecular weight is 762 g/mol. The van der Waals surface area contributed by atoms with Gasteiger partial charge in [-0.25, -0.2) is 15.0 Å². The molecule has 3 unspecified atom stereocenters. The molecule has 0 fully saturated rings. The molecule has 8 aromatic rings. The maximum absolute atomic E-state index is 5.26. The second kappa shape index (κ2) is 12.5. The van der Waals surface area contributed by atoms with Crippen LogP contribution in [0.4, 0.5) is 0 Å². The average Bonchev–Trinajstić information content (AvgIpc) is 3.88.